The number of hydrogen-bond donors (Lipinski definition) is 0. The van der Waals surface area contributed by atoms with Gasteiger partial charge in [-0.05, 0) is 42.2 Å². The van der Waals surface area contributed by atoms with Crippen molar-refractivity contribution in [3.63, 3.8) is 0 Å². The summed E-state index contributed by atoms with van der Waals surface area (Å²) in [5.41, 5.74) is 2.19. The van der Waals surface area contributed by atoms with Crippen LogP contribution in [0.25, 0.3) is 10.8 Å². The highest BCUT2D eigenvalue weighted by Gasteiger charge is 2.50. The van der Waals surface area contributed by atoms with Gasteiger partial charge in [-0.2, -0.15) is 0 Å². The van der Waals surface area contributed by atoms with Crippen LogP contribution in [0.3, 0.4) is 0 Å². The zero-order valence-corrected chi connectivity index (χ0v) is 17.6. The minimum Gasteiger partial charge on any atom is -0.472 e. The number of ether oxygens (including phenoxy) is 3. The number of rotatable bonds is 2. The van der Waals surface area contributed by atoms with Gasteiger partial charge in [-0.25, -0.2) is 0 Å². The maximum Gasteiger partial charge on any atom is 0.231 e. The minimum absolute atomic E-state index is 0.208. The molecule has 1 saturated heterocycles. The third-order valence-electron chi connectivity index (χ3n) is 7.39. The maximum atomic E-state index is 6.80. The molecule has 4 heteroatoms. The Hall–Kier alpha value is -2.72. The van der Waals surface area contributed by atoms with Gasteiger partial charge in [0.2, 0.25) is 6.79 Å². The Kier molecular flexibility index (Phi) is 4.00. The molecule has 3 aromatic carbocycles. The first-order valence-electron chi connectivity index (χ1n) is 11.0. The standard InChI is InChI=1S/C26H27NO3/c1-17-25(20-11-7-9-18-8-3-4-10-19(18)20)21-14-23-24(29-16-28-23)15-22(21)30-26(17,2)27-12-5-6-13-27/h3-4,7-11,14-15,17,25H,5-6,12-13,16H2,1-2H3. The predicted octanol–water partition coefficient (Wildman–Crippen LogP) is 5.54. The van der Waals surface area contributed by atoms with Crippen LogP contribution in [-0.2, 0) is 0 Å². The van der Waals surface area contributed by atoms with E-state index >= 15 is 0 Å². The summed E-state index contributed by atoms with van der Waals surface area (Å²) in [5, 5.41) is 2.59. The van der Waals surface area contributed by atoms with E-state index in [4.69, 9.17) is 14.2 Å². The normalized spacial score (nSPS) is 27.8. The molecule has 0 amide bonds. The van der Waals surface area contributed by atoms with Gasteiger partial charge in [-0.15, -0.1) is 0 Å². The molecule has 3 atom stereocenters. The third kappa shape index (κ3) is 2.56. The van der Waals surface area contributed by atoms with Gasteiger partial charge in [0, 0.05) is 36.6 Å². The number of fused-ring (bicyclic) bond motifs is 3. The van der Waals surface area contributed by atoms with E-state index in [1.807, 2.05) is 6.07 Å². The Morgan fingerprint density at radius 2 is 1.60 bits per heavy atom. The first kappa shape index (κ1) is 18.1. The van der Waals surface area contributed by atoms with Gasteiger partial charge in [0.05, 0.1) is 0 Å². The van der Waals surface area contributed by atoms with Crippen molar-refractivity contribution in [2.45, 2.75) is 38.3 Å². The molecule has 30 heavy (non-hydrogen) atoms. The largest absolute Gasteiger partial charge is 0.472 e. The molecule has 3 aliphatic heterocycles. The highest BCUT2D eigenvalue weighted by Crippen LogP contribution is 2.54. The molecule has 154 valence electrons. The summed E-state index contributed by atoms with van der Waals surface area (Å²) in [6, 6.07) is 19.5. The van der Waals surface area contributed by atoms with Crippen molar-refractivity contribution in [2.24, 2.45) is 5.92 Å². The van der Waals surface area contributed by atoms with Gasteiger partial charge < -0.3 is 14.2 Å². The summed E-state index contributed by atoms with van der Waals surface area (Å²) in [7, 11) is 0. The fourth-order valence-electron chi connectivity index (χ4n) is 5.64. The molecule has 3 unspecified atom stereocenters. The second-order valence-electron chi connectivity index (χ2n) is 8.93. The Labute approximate surface area is 177 Å². The van der Waals surface area contributed by atoms with Crippen molar-refractivity contribution in [3.05, 3.63) is 65.7 Å². The van der Waals surface area contributed by atoms with Crippen molar-refractivity contribution in [2.75, 3.05) is 19.9 Å². The summed E-state index contributed by atoms with van der Waals surface area (Å²) < 4.78 is 18.2. The van der Waals surface area contributed by atoms with Crippen LogP contribution in [0.2, 0.25) is 0 Å². The Morgan fingerprint density at radius 1 is 0.867 bits per heavy atom. The van der Waals surface area contributed by atoms with Gasteiger partial charge in [-0.3, -0.25) is 4.90 Å². The van der Waals surface area contributed by atoms with E-state index in [1.54, 1.807) is 0 Å². The van der Waals surface area contributed by atoms with Crippen molar-refractivity contribution >= 4 is 10.8 Å². The highest BCUT2D eigenvalue weighted by atomic mass is 16.7. The summed E-state index contributed by atoms with van der Waals surface area (Å²) in [6.45, 7) is 7.06. The van der Waals surface area contributed by atoms with Crippen LogP contribution in [0.1, 0.15) is 43.7 Å². The lowest BCUT2D eigenvalue weighted by molar-refractivity contribution is -0.114. The molecule has 0 saturated carbocycles. The minimum atomic E-state index is -0.362. The van der Waals surface area contributed by atoms with E-state index in [9.17, 15) is 0 Å². The van der Waals surface area contributed by atoms with E-state index < -0.39 is 0 Å². The predicted molar refractivity (Wildman–Crippen MR) is 117 cm³/mol. The van der Waals surface area contributed by atoms with Crippen molar-refractivity contribution < 1.29 is 14.2 Å². The molecule has 0 radical (unpaired) electrons. The van der Waals surface area contributed by atoms with E-state index in [2.05, 4.69) is 67.3 Å². The van der Waals surface area contributed by atoms with Crippen LogP contribution in [-0.4, -0.2) is 30.5 Å². The molecule has 3 aromatic rings. The van der Waals surface area contributed by atoms with Crippen LogP contribution in [0, 0.1) is 5.92 Å². The molecule has 0 aromatic heterocycles. The van der Waals surface area contributed by atoms with Crippen molar-refractivity contribution in [1.82, 2.24) is 4.90 Å². The maximum absolute atomic E-state index is 6.80. The Balaban J connectivity index is 1.58. The highest BCUT2D eigenvalue weighted by molar-refractivity contribution is 5.87. The molecule has 0 N–H and O–H groups in total. The van der Waals surface area contributed by atoms with E-state index in [0.717, 1.165) is 30.3 Å². The third-order valence-corrected chi connectivity index (χ3v) is 7.39. The van der Waals surface area contributed by atoms with E-state index in [-0.39, 0.29) is 24.4 Å². The van der Waals surface area contributed by atoms with Crippen LogP contribution in [0.5, 0.6) is 17.2 Å². The van der Waals surface area contributed by atoms with E-state index in [0.29, 0.717) is 0 Å². The molecular weight excluding hydrogens is 374 g/mol. The lowest BCUT2D eigenvalue weighted by Crippen LogP contribution is -2.57. The van der Waals surface area contributed by atoms with Gasteiger partial charge in [0.15, 0.2) is 17.2 Å². The van der Waals surface area contributed by atoms with Crippen LogP contribution in [0.4, 0.5) is 0 Å². The molecule has 3 heterocycles. The van der Waals surface area contributed by atoms with Crippen LogP contribution < -0.4 is 14.2 Å². The van der Waals surface area contributed by atoms with Crippen molar-refractivity contribution in [1.29, 1.82) is 0 Å². The average Bonchev–Trinajstić information content (AvgIpc) is 3.45. The Morgan fingerprint density at radius 3 is 2.43 bits per heavy atom. The monoisotopic (exact) mass is 401 g/mol. The van der Waals surface area contributed by atoms with Gasteiger partial charge >= 0.3 is 0 Å². The first-order valence-corrected chi connectivity index (χ1v) is 11.0. The molecule has 1 fully saturated rings. The van der Waals surface area contributed by atoms with Crippen molar-refractivity contribution in [3.8, 4) is 17.2 Å². The quantitative estimate of drug-likeness (QED) is 0.564. The Bertz CT molecular complexity index is 1120. The number of benzene rings is 3. The van der Waals surface area contributed by atoms with Gasteiger partial charge in [0.25, 0.3) is 0 Å². The molecule has 3 aliphatic rings. The fraction of sp³-hybridized carbons (Fsp3) is 0.385. The summed E-state index contributed by atoms with van der Waals surface area (Å²) in [6.07, 6.45) is 2.47. The fourth-order valence-corrected chi connectivity index (χ4v) is 5.64. The van der Waals surface area contributed by atoms with Crippen LogP contribution >= 0.6 is 0 Å². The topological polar surface area (TPSA) is 30.9 Å². The zero-order valence-electron chi connectivity index (χ0n) is 17.6. The molecule has 0 bridgehead atoms. The smallest absolute Gasteiger partial charge is 0.231 e. The van der Waals surface area contributed by atoms with E-state index in [1.165, 1.54) is 34.7 Å². The average molecular weight is 402 g/mol. The SMILES string of the molecule is CC1C(c2cccc3ccccc23)c2cc3c(cc2OC1(C)N1CCCC1)OCO3. The van der Waals surface area contributed by atoms with Crippen LogP contribution in [0.15, 0.2) is 54.6 Å². The summed E-state index contributed by atoms with van der Waals surface area (Å²) >= 11 is 0. The number of nitrogens with zero attached hydrogens (tertiary/aromatic N) is 1. The molecular formula is C26H27NO3. The lowest BCUT2D eigenvalue weighted by Gasteiger charge is -2.50. The molecule has 0 aliphatic carbocycles. The van der Waals surface area contributed by atoms with Gasteiger partial charge in [-0.1, -0.05) is 49.4 Å². The molecule has 0 spiro atoms. The van der Waals surface area contributed by atoms with Gasteiger partial charge in [0.1, 0.15) is 5.75 Å². The lowest BCUT2D eigenvalue weighted by atomic mass is 9.72. The molecule has 4 nitrogen and oxygen atoms in total. The second kappa shape index (κ2) is 6.64. The molecule has 6 rings (SSSR count). The zero-order chi connectivity index (χ0) is 20.3. The summed E-state index contributed by atoms with van der Waals surface area (Å²) in [4.78, 5) is 2.53. The first-order chi connectivity index (χ1) is 14.6. The second-order valence-corrected chi connectivity index (χ2v) is 8.93. The number of hydrogen-bond acceptors (Lipinski definition) is 4. The number of likely N-dealkylation sites (tertiary alicyclic amines) is 1. The summed E-state index contributed by atoms with van der Waals surface area (Å²) in [5.74, 6) is 3.00.